The van der Waals surface area contributed by atoms with E-state index in [-0.39, 0.29) is 0 Å². The Kier molecular flexibility index (Phi) is 4.50. The predicted molar refractivity (Wildman–Crippen MR) is 111 cm³/mol. The van der Waals surface area contributed by atoms with Crippen molar-refractivity contribution in [2.75, 3.05) is 43.6 Å². The first-order chi connectivity index (χ1) is 13.8. The highest BCUT2D eigenvalue weighted by molar-refractivity contribution is 7.18. The highest BCUT2D eigenvalue weighted by atomic mass is 32.1. The Morgan fingerprint density at radius 2 is 2.04 bits per heavy atom. The number of ether oxygens (including phenoxy) is 1. The SMILES string of the molecule is CNc1nnc(-c2ccc3c(c2)C(c2ccnc(N4CCOCC4)n2)=CC3)s1. The van der Waals surface area contributed by atoms with E-state index >= 15 is 0 Å². The van der Waals surface area contributed by atoms with E-state index in [0.29, 0.717) is 0 Å². The fourth-order valence-electron chi connectivity index (χ4n) is 3.56. The molecule has 2 aliphatic rings. The number of nitrogens with zero attached hydrogens (tertiary/aromatic N) is 5. The van der Waals surface area contributed by atoms with E-state index in [1.807, 2.05) is 19.3 Å². The van der Waals surface area contributed by atoms with Crippen molar-refractivity contribution in [3.63, 3.8) is 0 Å². The lowest BCUT2D eigenvalue weighted by Crippen LogP contribution is -2.37. The van der Waals surface area contributed by atoms with Crippen LogP contribution in [0.15, 0.2) is 36.5 Å². The second-order valence-electron chi connectivity index (χ2n) is 6.70. The summed E-state index contributed by atoms with van der Waals surface area (Å²) >= 11 is 1.55. The van der Waals surface area contributed by atoms with Crippen LogP contribution in [0.3, 0.4) is 0 Å². The van der Waals surface area contributed by atoms with Crippen LogP contribution in [-0.2, 0) is 11.2 Å². The molecule has 0 atom stereocenters. The van der Waals surface area contributed by atoms with Crippen molar-refractivity contribution in [1.29, 1.82) is 0 Å². The summed E-state index contributed by atoms with van der Waals surface area (Å²) in [5.41, 5.74) is 5.72. The Morgan fingerprint density at radius 3 is 2.86 bits per heavy atom. The Hall–Kier alpha value is -2.84. The van der Waals surface area contributed by atoms with Gasteiger partial charge in [0.1, 0.15) is 5.01 Å². The van der Waals surface area contributed by atoms with Gasteiger partial charge in [-0.3, -0.25) is 0 Å². The minimum atomic E-state index is 0.721. The van der Waals surface area contributed by atoms with Crippen molar-refractivity contribution in [2.45, 2.75) is 6.42 Å². The Labute approximate surface area is 167 Å². The van der Waals surface area contributed by atoms with E-state index in [0.717, 1.165) is 65.6 Å². The molecule has 0 bridgehead atoms. The smallest absolute Gasteiger partial charge is 0.226 e. The number of fused-ring (bicyclic) bond motifs is 1. The van der Waals surface area contributed by atoms with Gasteiger partial charge in [0.25, 0.3) is 0 Å². The van der Waals surface area contributed by atoms with Gasteiger partial charge in [-0.25, -0.2) is 9.97 Å². The summed E-state index contributed by atoms with van der Waals surface area (Å²) in [7, 11) is 1.86. The van der Waals surface area contributed by atoms with E-state index in [1.165, 1.54) is 11.1 Å². The number of anilines is 2. The van der Waals surface area contributed by atoms with Crippen LogP contribution in [0.4, 0.5) is 11.1 Å². The molecule has 1 aliphatic heterocycles. The minimum Gasteiger partial charge on any atom is -0.378 e. The van der Waals surface area contributed by atoms with Gasteiger partial charge in [0.15, 0.2) is 0 Å². The van der Waals surface area contributed by atoms with Crippen LogP contribution in [0.5, 0.6) is 0 Å². The topological polar surface area (TPSA) is 76.1 Å². The summed E-state index contributed by atoms with van der Waals surface area (Å²) in [4.78, 5) is 11.5. The fraction of sp³-hybridized carbons (Fsp3) is 0.300. The number of aromatic nitrogens is 4. The Balaban J connectivity index is 1.48. The molecule has 142 valence electrons. The van der Waals surface area contributed by atoms with E-state index in [2.05, 4.69) is 49.7 Å². The first kappa shape index (κ1) is 17.3. The van der Waals surface area contributed by atoms with Crippen molar-refractivity contribution >= 4 is 28.0 Å². The van der Waals surface area contributed by atoms with E-state index in [4.69, 9.17) is 9.72 Å². The Bertz CT molecular complexity index is 1040. The summed E-state index contributed by atoms with van der Waals surface area (Å²) in [6.45, 7) is 3.10. The first-order valence-corrected chi connectivity index (χ1v) is 10.1. The predicted octanol–water partition coefficient (Wildman–Crippen LogP) is 2.86. The molecular weight excluding hydrogens is 372 g/mol. The standard InChI is InChI=1S/C20H20N6OS/c1-21-20-25-24-18(28-20)14-3-2-13-4-5-15(16(13)12-14)17-6-7-22-19(23-17)26-8-10-27-11-9-26/h2-3,5-7,12H,4,8-11H2,1H3,(H,21,25). The van der Waals surface area contributed by atoms with Gasteiger partial charge in [0.05, 0.1) is 18.9 Å². The molecule has 1 saturated heterocycles. The number of morpholine rings is 1. The summed E-state index contributed by atoms with van der Waals surface area (Å²) < 4.78 is 5.44. The van der Waals surface area contributed by atoms with Gasteiger partial charge in [0, 0.05) is 37.5 Å². The van der Waals surface area contributed by atoms with Crippen LogP contribution in [0, 0.1) is 0 Å². The summed E-state index contributed by atoms with van der Waals surface area (Å²) in [6.07, 6.45) is 5.01. The number of allylic oxidation sites excluding steroid dienone is 1. The van der Waals surface area contributed by atoms with Crippen LogP contribution < -0.4 is 10.2 Å². The molecule has 1 fully saturated rings. The molecule has 1 aliphatic carbocycles. The van der Waals surface area contributed by atoms with Crippen molar-refractivity contribution in [2.24, 2.45) is 0 Å². The van der Waals surface area contributed by atoms with E-state index in [1.54, 1.807) is 11.3 Å². The number of hydrogen-bond acceptors (Lipinski definition) is 8. The zero-order chi connectivity index (χ0) is 18.9. The average Bonchev–Trinajstić information content (AvgIpc) is 3.41. The highest BCUT2D eigenvalue weighted by Crippen LogP contribution is 2.36. The quantitative estimate of drug-likeness (QED) is 0.732. The third kappa shape index (κ3) is 3.14. The maximum Gasteiger partial charge on any atom is 0.226 e. The minimum absolute atomic E-state index is 0.721. The molecule has 0 amide bonds. The lowest BCUT2D eigenvalue weighted by molar-refractivity contribution is 0.122. The molecule has 0 unspecified atom stereocenters. The molecule has 1 N–H and O–H groups in total. The van der Waals surface area contributed by atoms with E-state index in [9.17, 15) is 0 Å². The molecule has 1 aromatic carbocycles. The molecule has 7 nitrogen and oxygen atoms in total. The zero-order valence-electron chi connectivity index (χ0n) is 15.6. The molecule has 0 saturated carbocycles. The van der Waals surface area contributed by atoms with Gasteiger partial charge in [-0.05, 0) is 29.7 Å². The molecule has 5 rings (SSSR count). The molecule has 0 radical (unpaired) electrons. The van der Waals surface area contributed by atoms with Crippen molar-refractivity contribution < 1.29 is 4.74 Å². The van der Waals surface area contributed by atoms with Crippen molar-refractivity contribution in [3.8, 4) is 10.6 Å². The molecule has 3 aromatic rings. The summed E-state index contributed by atoms with van der Waals surface area (Å²) in [6, 6.07) is 8.49. The van der Waals surface area contributed by atoms with Crippen LogP contribution in [0.1, 0.15) is 16.8 Å². The Morgan fingerprint density at radius 1 is 1.14 bits per heavy atom. The monoisotopic (exact) mass is 392 g/mol. The van der Waals surface area contributed by atoms with Crippen LogP contribution >= 0.6 is 11.3 Å². The van der Waals surface area contributed by atoms with Gasteiger partial charge < -0.3 is 15.0 Å². The highest BCUT2D eigenvalue weighted by Gasteiger charge is 2.20. The number of benzene rings is 1. The fourth-order valence-corrected chi connectivity index (χ4v) is 4.25. The average molecular weight is 392 g/mol. The van der Waals surface area contributed by atoms with Crippen molar-refractivity contribution in [1.82, 2.24) is 20.2 Å². The summed E-state index contributed by atoms with van der Waals surface area (Å²) in [5, 5.41) is 13.2. The molecule has 2 aromatic heterocycles. The normalized spacial score (nSPS) is 16.0. The van der Waals surface area contributed by atoms with E-state index < -0.39 is 0 Å². The van der Waals surface area contributed by atoms with Gasteiger partial charge in [-0.2, -0.15) is 0 Å². The van der Waals surface area contributed by atoms with Gasteiger partial charge in [-0.1, -0.05) is 29.5 Å². The van der Waals surface area contributed by atoms with Crippen LogP contribution in [0.2, 0.25) is 0 Å². The second kappa shape index (κ2) is 7.29. The van der Waals surface area contributed by atoms with Gasteiger partial charge >= 0.3 is 0 Å². The third-order valence-corrected chi connectivity index (χ3v) is 6.01. The van der Waals surface area contributed by atoms with Gasteiger partial charge in [0.2, 0.25) is 11.1 Å². The van der Waals surface area contributed by atoms with Gasteiger partial charge in [-0.15, -0.1) is 10.2 Å². The third-order valence-electron chi connectivity index (χ3n) is 5.02. The molecule has 0 spiro atoms. The molecule has 3 heterocycles. The van der Waals surface area contributed by atoms with Crippen LogP contribution in [-0.4, -0.2) is 53.5 Å². The maximum atomic E-state index is 5.44. The first-order valence-electron chi connectivity index (χ1n) is 9.33. The maximum absolute atomic E-state index is 5.44. The molecular formula is C20H20N6OS. The number of nitrogens with one attached hydrogen (secondary N) is 1. The van der Waals surface area contributed by atoms with Crippen LogP contribution in [0.25, 0.3) is 16.1 Å². The number of hydrogen-bond donors (Lipinski definition) is 1. The zero-order valence-corrected chi connectivity index (χ0v) is 16.4. The largest absolute Gasteiger partial charge is 0.378 e. The summed E-state index contributed by atoms with van der Waals surface area (Å²) in [5.74, 6) is 0.772. The van der Waals surface area contributed by atoms with Crippen molar-refractivity contribution in [3.05, 3.63) is 53.4 Å². The lowest BCUT2D eigenvalue weighted by atomic mass is 10.0. The molecule has 28 heavy (non-hydrogen) atoms. The number of rotatable bonds is 4. The lowest BCUT2D eigenvalue weighted by Gasteiger charge is -2.26. The molecule has 8 heteroatoms. The second-order valence-corrected chi connectivity index (χ2v) is 7.68.